The Kier molecular flexibility index (Phi) is 4.28. The van der Waals surface area contributed by atoms with Gasteiger partial charge < -0.3 is 14.5 Å². The number of nitrogens with zero attached hydrogens (tertiary/aromatic N) is 1. The number of nitrogens with one attached hydrogen (secondary N) is 1. The normalized spacial score (nSPS) is 10.7. The maximum atomic E-state index is 12.2. The van der Waals surface area contributed by atoms with E-state index in [1.807, 2.05) is 43.3 Å². The number of rotatable bonds is 5. The van der Waals surface area contributed by atoms with Gasteiger partial charge in [0.1, 0.15) is 5.82 Å². The lowest BCUT2D eigenvalue weighted by Crippen LogP contribution is -2.09. The molecular formula is C18H18N2O3. The average Bonchev–Trinajstić information content (AvgIpc) is 2.59. The second kappa shape index (κ2) is 6.52. The summed E-state index contributed by atoms with van der Waals surface area (Å²) in [6.07, 6.45) is 0.901. The number of ether oxygens (including phenoxy) is 2. The Morgan fingerprint density at radius 1 is 1.13 bits per heavy atom. The van der Waals surface area contributed by atoms with Crippen molar-refractivity contribution in [1.29, 1.82) is 0 Å². The van der Waals surface area contributed by atoms with Crippen molar-refractivity contribution in [3.8, 4) is 22.9 Å². The molecule has 1 heterocycles. The summed E-state index contributed by atoms with van der Waals surface area (Å²) in [5, 5.41) is 0.576. The van der Waals surface area contributed by atoms with Crippen LogP contribution in [0.1, 0.15) is 13.3 Å². The molecule has 0 aliphatic carbocycles. The summed E-state index contributed by atoms with van der Waals surface area (Å²) in [5.74, 6) is 1.81. The molecule has 118 valence electrons. The molecule has 3 aromatic rings. The molecule has 0 unspecified atom stereocenters. The lowest BCUT2D eigenvalue weighted by Gasteiger charge is -2.11. The number of benzene rings is 2. The first-order valence-corrected chi connectivity index (χ1v) is 7.53. The zero-order valence-corrected chi connectivity index (χ0v) is 13.1. The third-order valence-electron chi connectivity index (χ3n) is 3.51. The predicted molar refractivity (Wildman–Crippen MR) is 90.1 cm³/mol. The molecular weight excluding hydrogens is 292 g/mol. The van der Waals surface area contributed by atoms with Crippen LogP contribution in [-0.2, 0) is 0 Å². The molecule has 1 N–H and O–H groups in total. The topological polar surface area (TPSA) is 64.2 Å². The minimum Gasteiger partial charge on any atom is -0.493 e. The molecule has 2 aromatic carbocycles. The van der Waals surface area contributed by atoms with Crippen LogP contribution in [0.15, 0.2) is 47.3 Å². The van der Waals surface area contributed by atoms with E-state index in [1.165, 1.54) is 0 Å². The maximum Gasteiger partial charge on any atom is 0.259 e. The van der Waals surface area contributed by atoms with Crippen LogP contribution >= 0.6 is 0 Å². The van der Waals surface area contributed by atoms with E-state index >= 15 is 0 Å². The first-order valence-electron chi connectivity index (χ1n) is 7.53. The summed E-state index contributed by atoms with van der Waals surface area (Å²) in [6.45, 7) is 2.64. The smallest absolute Gasteiger partial charge is 0.259 e. The van der Waals surface area contributed by atoms with Crippen LogP contribution in [0, 0.1) is 0 Å². The molecule has 5 heteroatoms. The highest BCUT2D eigenvalue weighted by Gasteiger charge is 2.10. The van der Waals surface area contributed by atoms with Crippen molar-refractivity contribution >= 4 is 10.9 Å². The summed E-state index contributed by atoms with van der Waals surface area (Å²) in [5.41, 5.74) is 1.29. The van der Waals surface area contributed by atoms with Gasteiger partial charge in [-0.05, 0) is 36.8 Å². The Balaban J connectivity index is 2.09. The molecule has 0 radical (unpaired) electrons. The quantitative estimate of drug-likeness (QED) is 0.784. The monoisotopic (exact) mass is 310 g/mol. The number of para-hydroxylation sites is 1. The van der Waals surface area contributed by atoms with Crippen LogP contribution in [0.5, 0.6) is 11.5 Å². The lowest BCUT2D eigenvalue weighted by molar-refractivity contribution is 0.294. The van der Waals surface area contributed by atoms with Crippen molar-refractivity contribution in [3.05, 3.63) is 52.8 Å². The van der Waals surface area contributed by atoms with Gasteiger partial charge in [0.2, 0.25) is 0 Å². The molecule has 0 saturated heterocycles. The number of aromatic nitrogens is 2. The van der Waals surface area contributed by atoms with E-state index in [9.17, 15) is 4.79 Å². The lowest BCUT2D eigenvalue weighted by atomic mass is 10.1. The highest BCUT2D eigenvalue weighted by atomic mass is 16.5. The predicted octanol–water partition coefficient (Wildman–Crippen LogP) is 3.39. The van der Waals surface area contributed by atoms with Crippen LogP contribution in [0.4, 0.5) is 0 Å². The van der Waals surface area contributed by atoms with Gasteiger partial charge in [-0.15, -0.1) is 0 Å². The van der Waals surface area contributed by atoms with E-state index in [-0.39, 0.29) is 5.56 Å². The Hall–Kier alpha value is -2.82. The fourth-order valence-electron chi connectivity index (χ4n) is 2.37. The molecule has 23 heavy (non-hydrogen) atoms. The Morgan fingerprint density at radius 3 is 2.74 bits per heavy atom. The molecule has 0 bridgehead atoms. The van der Waals surface area contributed by atoms with Crippen LogP contribution in [0.3, 0.4) is 0 Å². The van der Waals surface area contributed by atoms with Crippen LogP contribution < -0.4 is 15.0 Å². The van der Waals surface area contributed by atoms with Crippen molar-refractivity contribution in [2.75, 3.05) is 13.7 Å². The van der Waals surface area contributed by atoms with Crippen LogP contribution in [0.2, 0.25) is 0 Å². The van der Waals surface area contributed by atoms with Crippen molar-refractivity contribution in [3.63, 3.8) is 0 Å². The fourth-order valence-corrected chi connectivity index (χ4v) is 2.37. The van der Waals surface area contributed by atoms with Gasteiger partial charge in [0.15, 0.2) is 11.5 Å². The van der Waals surface area contributed by atoms with E-state index in [0.717, 1.165) is 12.0 Å². The standard InChI is InChI=1S/C18H18N2O3/c1-3-10-23-16-11-12(8-9-15(16)22-2)17-19-14-7-5-4-6-13(14)18(21)20-17/h4-9,11H,3,10H2,1-2H3,(H,19,20,21). The van der Waals surface area contributed by atoms with E-state index in [4.69, 9.17) is 9.47 Å². The molecule has 0 aliphatic heterocycles. The van der Waals surface area contributed by atoms with Crippen molar-refractivity contribution in [1.82, 2.24) is 9.97 Å². The maximum absolute atomic E-state index is 12.2. The van der Waals surface area contributed by atoms with Gasteiger partial charge in [0, 0.05) is 5.56 Å². The highest BCUT2D eigenvalue weighted by Crippen LogP contribution is 2.31. The summed E-state index contributed by atoms with van der Waals surface area (Å²) in [6, 6.07) is 12.8. The second-order valence-electron chi connectivity index (χ2n) is 5.15. The molecule has 0 amide bonds. The Labute approximate surface area is 133 Å². The SMILES string of the molecule is CCCOc1cc(-c2nc3ccccc3c(=O)[nH]2)ccc1OC. The summed E-state index contributed by atoms with van der Waals surface area (Å²) in [7, 11) is 1.60. The third-order valence-corrected chi connectivity index (χ3v) is 3.51. The van der Waals surface area contributed by atoms with Gasteiger partial charge in [-0.25, -0.2) is 4.98 Å². The first kappa shape index (κ1) is 15.1. The van der Waals surface area contributed by atoms with Gasteiger partial charge in [0.25, 0.3) is 5.56 Å². The third kappa shape index (κ3) is 3.04. The van der Waals surface area contributed by atoms with Crippen molar-refractivity contribution in [2.45, 2.75) is 13.3 Å². The van der Waals surface area contributed by atoms with Crippen molar-refractivity contribution in [2.24, 2.45) is 0 Å². The van der Waals surface area contributed by atoms with E-state index in [2.05, 4.69) is 9.97 Å². The number of hydrogen-bond acceptors (Lipinski definition) is 4. The fraction of sp³-hybridized carbons (Fsp3) is 0.222. The zero-order valence-electron chi connectivity index (χ0n) is 13.1. The minimum absolute atomic E-state index is 0.155. The van der Waals surface area contributed by atoms with Crippen LogP contribution in [-0.4, -0.2) is 23.7 Å². The number of hydrogen-bond donors (Lipinski definition) is 1. The van der Waals surface area contributed by atoms with E-state index in [0.29, 0.717) is 34.8 Å². The van der Waals surface area contributed by atoms with Gasteiger partial charge in [-0.3, -0.25) is 4.79 Å². The number of aromatic amines is 1. The Morgan fingerprint density at radius 2 is 1.96 bits per heavy atom. The van der Waals surface area contributed by atoms with Gasteiger partial charge in [-0.1, -0.05) is 19.1 Å². The summed E-state index contributed by atoms with van der Waals surface area (Å²) >= 11 is 0. The van der Waals surface area contributed by atoms with E-state index in [1.54, 1.807) is 13.2 Å². The van der Waals surface area contributed by atoms with E-state index < -0.39 is 0 Å². The number of fused-ring (bicyclic) bond motifs is 1. The Bertz CT molecular complexity index is 887. The number of methoxy groups -OCH3 is 1. The second-order valence-corrected chi connectivity index (χ2v) is 5.15. The summed E-state index contributed by atoms with van der Waals surface area (Å²) < 4.78 is 11.0. The first-order chi connectivity index (χ1) is 11.2. The molecule has 0 saturated carbocycles. The molecule has 0 fully saturated rings. The molecule has 5 nitrogen and oxygen atoms in total. The van der Waals surface area contributed by atoms with Gasteiger partial charge in [0.05, 0.1) is 24.6 Å². The van der Waals surface area contributed by atoms with Gasteiger partial charge in [-0.2, -0.15) is 0 Å². The zero-order chi connectivity index (χ0) is 16.2. The minimum atomic E-state index is -0.155. The molecule has 3 rings (SSSR count). The molecule has 0 atom stereocenters. The summed E-state index contributed by atoms with van der Waals surface area (Å²) in [4.78, 5) is 19.6. The molecule has 1 aromatic heterocycles. The highest BCUT2D eigenvalue weighted by molar-refractivity contribution is 5.79. The number of H-pyrrole nitrogens is 1. The van der Waals surface area contributed by atoms with Crippen LogP contribution in [0.25, 0.3) is 22.3 Å². The molecule has 0 aliphatic rings. The van der Waals surface area contributed by atoms with Crippen molar-refractivity contribution < 1.29 is 9.47 Å². The average molecular weight is 310 g/mol. The molecule has 0 spiro atoms. The largest absolute Gasteiger partial charge is 0.493 e. The van der Waals surface area contributed by atoms with Gasteiger partial charge >= 0.3 is 0 Å².